The number of urea groups is 1. The highest BCUT2D eigenvalue weighted by Gasteiger charge is 2.34. The van der Waals surface area contributed by atoms with E-state index in [0.29, 0.717) is 31.6 Å². The first-order chi connectivity index (χ1) is 10.8. The predicted octanol–water partition coefficient (Wildman–Crippen LogP) is 2.03. The molecular formula is C14H17F4N3O2. The van der Waals surface area contributed by atoms with E-state index in [-0.39, 0.29) is 18.3 Å². The van der Waals surface area contributed by atoms with Crippen molar-refractivity contribution >= 4 is 11.7 Å². The molecule has 1 aromatic rings. The number of aliphatic hydroxyl groups excluding tert-OH is 1. The molecule has 5 nitrogen and oxygen atoms in total. The van der Waals surface area contributed by atoms with Crippen molar-refractivity contribution in [1.82, 2.24) is 10.2 Å². The molecule has 0 saturated carbocycles. The van der Waals surface area contributed by atoms with Crippen molar-refractivity contribution < 1.29 is 27.5 Å². The summed E-state index contributed by atoms with van der Waals surface area (Å²) < 4.78 is 50.9. The summed E-state index contributed by atoms with van der Waals surface area (Å²) in [5, 5.41) is 14.1. The monoisotopic (exact) mass is 335 g/mol. The van der Waals surface area contributed by atoms with Crippen LogP contribution in [0.1, 0.15) is 12.0 Å². The molecule has 1 heterocycles. The fourth-order valence-electron chi connectivity index (χ4n) is 2.34. The SMILES string of the molecule is O=C(NCCN1CCC(O)C1)Nc1ccc(F)c(C(F)(F)F)c1. The van der Waals surface area contributed by atoms with Crippen molar-refractivity contribution in [3.8, 4) is 0 Å². The molecule has 0 aromatic heterocycles. The number of benzene rings is 1. The van der Waals surface area contributed by atoms with Gasteiger partial charge in [0.25, 0.3) is 0 Å². The molecule has 3 N–H and O–H groups in total. The van der Waals surface area contributed by atoms with Crippen molar-refractivity contribution in [3.63, 3.8) is 0 Å². The van der Waals surface area contributed by atoms with Crippen LogP contribution in [0.2, 0.25) is 0 Å². The molecule has 1 aromatic carbocycles. The molecule has 1 fully saturated rings. The number of carbonyl (C=O) groups is 1. The highest BCUT2D eigenvalue weighted by Crippen LogP contribution is 2.32. The van der Waals surface area contributed by atoms with Gasteiger partial charge in [0.15, 0.2) is 0 Å². The Balaban J connectivity index is 1.83. The zero-order valence-electron chi connectivity index (χ0n) is 12.2. The summed E-state index contributed by atoms with van der Waals surface area (Å²) in [6, 6.07) is 1.58. The normalized spacial score (nSPS) is 18.9. The zero-order chi connectivity index (χ0) is 17.0. The van der Waals surface area contributed by atoms with E-state index in [1.165, 1.54) is 0 Å². The van der Waals surface area contributed by atoms with Crippen molar-refractivity contribution in [1.29, 1.82) is 0 Å². The molecule has 2 rings (SSSR count). The van der Waals surface area contributed by atoms with Crippen LogP contribution in [-0.2, 0) is 6.18 Å². The van der Waals surface area contributed by atoms with Gasteiger partial charge >= 0.3 is 12.2 Å². The Kier molecular flexibility index (Phi) is 5.42. The minimum absolute atomic E-state index is 0.146. The second-order valence-corrected chi connectivity index (χ2v) is 5.32. The number of hydrogen-bond acceptors (Lipinski definition) is 3. The molecule has 1 aliphatic rings. The van der Waals surface area contributed by atoms with Crippen molar-refractivity contribution in [2.24, 2.45) is 0 Å². The van der Waals surface area contributed by atoms with Crippen LogP contribution in [0.4, 0.5) is 28.0 Å². The van der Waals surface area contributed by atoms with Crippen LogP contribution in [0.25, 0.3) is 0 Å². The maximum Gasteiger partial charge on any atom is 0.419 e. The summed E-state index contributed by atoms with van der Waals surface area (Å²) in [7, 11) is 0. The maximum absolute atomic E-state index is 13.1. The third-order valence-electron chi connectivity index (χ3n) is 3.49. The molecule has 128 valence electrons. The van der Waals surface area contributed by atoms with E-state index in [1.807, 2.05) is 4.90 Å². The summed E-state index contributed by atoms with van der Waals surface area (Å²) in [5.41, 5.74) is -1.57. The van der Waals surface area contributed by atoms with Gasteiger partial charge in [-0.2, -0.15) is 13.2 Å². The summed E-state index contributed by atoms with van der Waals surface area (Å²) in [6.45, 7) is 2.08. The minimum atomic E-state index is -4.82. The van der Waals surface area contributed by atoms with E-state index in [4.69, 9.17) is 0 Å². The Hall–Kier alpha value is -1.87. The largest absolute Gasteiger partial charge is 0.419 e. The molecule has 0 spiro atoms. The molecule has 0 aliphatic carbocycles. The van der Waals surface area contributed by atoms with Gasteiger partial charge in [-0.3, -0.25) is 4.90 Å². The van der Waals surface area contributed by atoms with Crippen molar-refractivity contribution in [2.45, 2.75) is 18.7 Å². The predicted molar refractivity (Wildman–Crippen MR) is 75.5 cm³/mol. The van der Waals surface area contributed by atoms with E-state index >= 15 is 0 Å². The summed E-state index contributed by atoms with van der Waals surface area (Å²) in [4.78, 5) is 13.6. The summed E-state index contributed by atoms with van der Waals surface area (Å²) >= 11 is 0. The number of halogens is 4. The van der Waals surface area contributed by atoms with Gasteiger partial charge in [0, 0.05) is 31.9 Å². The van der Waals surface area contributed by atoms with Gasteiger partial charge in [-0.15, -0.1) is 0 Å². The molecule has 23 heavy (non-hydrogen) atoms. The molecule has 1 atom stereocenters. The van der Waals surface area contributed by atoms with Crippen LogP contribution < -0.4 is 10.6 Å². The second-order valence-electron chi connectivity index (χ2n) is 5.32. The van der Waals surface area contributed by atoms with Crippen LogP contribution in [0.5, 0.6) is 0 Å². The third kappa shape index (κ3) is 5.07. The zero-order valence-corrected chi connectivity index (χ0v) is 12.2. The lowest BCUT2D eigenvalue weighted by Crippen LogP contribution is -2.36. The number of nitrogens with one attached hydrogen (secondary N) is 2. The Morgan fingerprint density at radius 3 is 2.74 bits per heavy atom. The lowest BCUT2D eigenvalue weighted by Gasteiger charge is -2.15. The van der Waals surface area contributed by atoms with Crippen LogP contribution in [0.15, 0.2) is 18.2 Å². The van der Waals surface area contributed by atoms with Crippen molar-refractivity contribution in [3.05, 3.63) is 29.6 Å². The van der Waals surface area contributed by atoms with Crippen LogP contribution in [-0.4, -0.2) is 48.3 Å². The fraction of sp³-hybridized carbons (Fsp3) is 0.500. The first kappa shape index (κ1) is 17.5. The molecular weight excluding hydrogens is 318 g/mol. The fourth-order valence-corrected chi connectivity index (χ4v) is 2.34. The number of hydrogen-bond donors (Lipinski definition) is 3. The highest BCUT2D eigenvalue weighted by molar-refractivity contribution is 5.89. The van der Waals surface area contributed by atoms with Crippen LogP contribution in [0.3, 0.4) is 0 Å². The van der Waals surface area contributed by atoms with Gasteiger partial charge in [-0.1, -0.05) is 0 Å². The molecule has 1 unspecified atom stereocenters. The van der Waals surface area contributed by atoms with E-state index < -0.39 is 23.6 Å². The van der Waals surface area contributed by atoms with Crippen LogP contribution >= 0.6 is 0 Å². The molecule has 2 amide bonds. The molecule has 0 radical (unpaired) electrons. The van der Waals surface area contributed by atoms with Crippen molar-refractivity contribution in [2.75, 3.05) is 31.5 Å². The van der Waals surface area contributed by atoms with Gasteiger partial charge in [0.05, 0.1) is 11.7 Å². The first-order valence-corrected chi connectivity index (χ1v) is 7.08. The lowest BCUT2D eigenvalue weighted by atomic mass is 10.2. The molecule has 1 saturated heterocycles. The van der Waals surface area contributed by atoms with E-state index in [0.717, 1.165) is 12.6 Å². The minimum Gasteiger partial charge on any atom is -0.392 e. The number of alkyl halides is 3. The number of amides is 2. The average molecular weight is 335 g/mol. The van der Waals surface area contributed by atoms with Gasteiger partial charge in [-0.05, 0) is 24.6 Å². The summed E-state index contributed by atoms with van der Waals surface area (Å²) in [6.07, 6.45) is -4.50. The highest BCUT2D eigenvalue weighted by atomic mass is 19.4. The topological polar surface area (TPSA) is 64.6 Å². The number of nitrogens with zero attached hydrogens (tertiary/aromatic N) is 1. The Morgan fingerprint density at radius 2 is 2.13 bits per heavy atom. The Labute approximate surface area is 130 Å². The Bertz CT molecular complexity index is 565. The number of aliphatic hydroxyl groups is 1. The first-order valence-electron chi connectivity index (χ1n) is 7.08. The standard InChI is InChI=1S/C14H17F4N3O2/c15-12-2-1-9(7-11(12)14(16,17)18)20-13(23)19-4-6-21-5-3-10(22)8-21/h1-2,7,10,22H,3-6,8H2,(H2,19,20,23). The van der Waals surface area contributed by atoms with Gasteiger partial charge < -0.3 is 15.7 Å². The number of carbonyl (C=O) groups excluding carboxylic acids is 1. The third-order valence-corrected chi connectivity index (χ3v) is 3.49. The number of anilines is 1. The lowest BCUT2D eigenvalue weighted by molar-refractivity contribution is -0.139. The Morgan fingerprint density at radius 1 is 1.39 bits per heavy atom. The number of β-amino-alcohol motifs (C(OH)–C–C–N with tert-alkyl or cyclic N) is 1. The molecule has 9 heteroatoms. The number of likely N-dealkylation sites (tertiary alicyclic amines) is 1. The van der Waals surface area contributed by atoms with Gasteiger partial charge in [-0.25, -0.2) is 9.18 Å². The van der Waals surface area contributed by atoms with Gasteiger partial charge in [0.1, 0.15) is 5.82 Å². The van der Waals surface area contributed by atoms with E-state index in [2.05, 4.69) is 10.6 Å². The summed E-state index contributed by atoms with van der Waals surface area (Å²) in [5.74, 6) is -1.39. The number of rotatable bonds is 4. The smallest absolute Gasteiger partial charge is 0.392 e. The quantitative estimate of drug-likeness (QED) is 0.738. The van der Waals surface area contributed by atoms with Gasteiger partial charge in [0.2, 0.25) is 0 Å². The average Bonchev–Trinajstić information content (AvgIpc) is 2.85. The molecule has 0 bridgehead atoms. The molecule has 1 aliphatic heterocycles. The second kappa shape index (κ2) is 7.14. The van der Waals surface area contributed by atoms with E-state index in [9.17, 15) is 27.5 Å². The van der Waals surface area contributed by atoms with E-state index in [1.54, 1.807) is 0 Å². The maximum atomic E-state index is 13.1. The van der Waals surface area contributed by atoms with Crippen LogP contribution in [0, 0.1) is 5.82 Å².